The molecule has 1 aromatic heterocycles. The predicted molar refractivity (Wildman–Crippen MR) is 82.8 cm³/mol. The Morgan fingerprint density at radius 1 is 1.45 bits per heavy atom. The molecule has 1 N–H and O–H groups in total. The van der Waals surface area contributed by atoms with E-state index in [0.717, 1.165) is 32.5 Å². The van der Waals surface area contributed by atoms with Crippen LogP contribution in [-0.2, 0) is 17.8 Å². The molecule has 108 valence electrons. The summed E-state index contributed by atoms with van der Waals surface area (Å²) in [6, 6.07) is 2.15. The van der Waals surface area contributed by atoms with Crippen LogP contribution in [0.5, 0.6) is 0 Å². The van der Waals surface area contributed by atoms with Crippen LogP contribution in [0.1, 0.15) is 29.7 Å². The van der Waals surface area contributed by atoms with Crippen molar-refractivity contribution in [2.45, 2.75) is 32.2 Å². The van der Waals surface area contributed by atoms with Crippen molar-refractivity contribution in [2.24, 2.45) is 5.92 Å². The summed E-state index contributed by atoms with van der Waals surface area (Å²) >= 11 is 1.82. The SMILES string of the molecule is O=C(CNCC1CC=CCC1)N1CCc2sccc2C1. The molecule has 1 unspecified atom stereocenters. The van der Waals surface area contributed by atoms with Gasteiger partial charge in [-0.05, 0) is 55.2 Å². The first-order valence-corrected chi connectivity index (χ1v) is 8.39. The van der Waals surface area contributed by atoms with Gasteiger partial charge >= 0.3 is 0 Å². The third-order valence-electron chi connectivity index (χ3n) is 4.25. The zero-order valence-corrected chi connectivity index (χ0v) is 12.6. The molecule has 3 nitrogen and oxygen atoms in total. The predicted octanol–water partition coefficient (Wildman–Crippen LogP) is 2.58. The molecule has 1 aliphatic carbocycles. The lowest BCUT2D eigenvalue weighted by Gasteiger charge is -2.27. The number of hydrogen-bond acceptors (Lipinski definition) is 3. The van der Waals surface area contributed by atoms with E-state index < -0.39 is 0 Å². The molecule has 0 bridgehead atoms. The largest absolute Gasteiger partial charge is 0.337 e. The van der Waals surface area contributed by atoms with Gasteiger partial charge in [0.15, 0.2) is 0 Å². The number of rotatable bonds is 4. The highest BCUT2D eigenvalue weighted by Gasteiger charge is 2.21. The second-order valence-corrected chi connectivity index (χ2v) is 6.72. The van der Waals surface area contributed by atoms with Crippen molar-refractivity contribution in [3.05, 3.63) is 34.0 Å². The summed E-state index contributed by atoms with van der Waals surface area (Å²) in [5.41, 5.74) is 1.34. The van der Waals surface area contributed by atoms with Crippen LogP contribution >= 0.6 is 11.3 Å². The fraction of sp³-hybridized carbons (Fsp3) is 0.562. The normalized spacial score (nSPS) is 21.8. The quantitative estimate of drug-likeness (QED) is 0.865. The van der Waals surface area contributed by atoms with E-state index >= 15 is 0 Å². The summed E-state index contributed by atoms with van der Waals surface area (Å²) in [4.78, 5) is 15.7. The van der Waals surface area contributed by atoms with Crippen LogP contribution in [0.2, 0.25) is 0 Å². The van der Waals surface area contributed by atoms with Gasteiger partial charge in [0.1, 0.15) is 0 Å². The maximum absolute atomic E-state index is 12.2. The molecule has 1 atom stereocenters. The van der Waals surface area contributed by atoms with E-state index in [1.54, 1.807) is 0 Å². The lowest BCUT2D eigenvalue weighted by molar-refractivity contribution is -0.131. The number of allylic oxidation sites excluding steroid dienone is 2. The second-order valence-electron chi connectivity index (χ2n) is 5.72. The third-order valence-corrected chi connectivity index (χ3v) is 5.27. The Labute approximate surface area is 124 Å². The van der Waals surface area contributed by atoms with E-state index in [9.17, 15) is 4.79 Å². The molecule has 0 saturated heterocycles. The van der Waals surface area contributed by atoms with Gasteiger partial charge < -0.3 is 10.2 Å². The Balaban J connectivity index is 1.42. The minimum Gasteiger partial charge on any atom is -0.337 e. The molecule has 1 amide bonds. The fourth-order valence-corrected chi connectivity index (χ4v) is 3.89. The molecule has 20 heavy (non-hydrogen) atoms. The van der Waals surface area contributed by atoms with Crippen molar-refractivity contribution < 1.29 is 4.79 Å². The van der Waals surface area contributed by atoms with E-state index in [2.05, 4.69) is 28.9 Å². The van der Waals surface area contributed by atoms with Crippen molar-refractivity contribution in [1.29, 1.82) is 0 Å². The Bertz CT molecular complexity index is 494. The zero-order chi connectivity index (χ0) is 13.8. The summed E-state index contributed by atoms with van der Waals surface area (Å²) in [6.45, 7) is 3.12. The maximum Gasteiger partial charge on any atom is 0.236 e. The van der Waals surface area contributed by atoms with Gasteiger partial charge in [-0.15, -0.1) is 11.3 Å². The fourth-order valence-electron chi connectivity index (χ4n) is 3.00. The third kappa shape index (κ3) is 3.30. The first-order chi connectivity index (χ1) is 9.83. The Hall–Kier alpha value is -1.13. The molecule has 3 rings (SSSR count). The van der Waals surface area contributed by atoms with Crippen LogP contribution in [0, 0.1) is 5.92 Å². The molecule has 1 aliphatic heterocycles. The molecule has 0 radical (unpaired) electrons. The van der Waals surface area contributed by atoms with Crippen LogP contribution in [-0.4, -0.2) is 30.4 Å². The first kappa shape index (κ1) is 13.8. The minimum atomic E-state index is 0.244. The van der Waals surface area contributed by atoms with Crippen molar-refractivity contribution in [3.63, 3.8) is 0 Å². The van der Waals surface area contributed by atoms with E-state index in [0.29, 0.717) is 12.5 Å². The van der Waals surface area contributed by atoms with E-state index in [4.69, 9.17) is 0 Å². The summed E-state index contributed by atoms with van der Waals surface area (Å²) in [7, 11) is 0. The molecule has 2 aliphatic rings. The standard InChI is InChI=1S/C16H22N2OS/c19-16(11-17-10-13-4-2-1-3-5-13)18-8-6-15-14(12-18)7-9-20-15/h1-2,7,9,13,17H,3-6,8,10-12H2. The first-order valence-electron chi connectivity index (χ1n) is 7.51. The highest BCUT2D eigenvalue weighted by molar-refractivity contribution is 7.10. The number of hydrogen-bond donors (Lipinski definition) is 1. The lowest BCUT2D eigenvalue weighted by Crippen LogP contribution is -2.41. The topological polar surface area (TPSA) is 32.3 Å². The van der Waals surface area contributed by atoms with E-state index in [1.807, 2.05) is 16.2 Å². The van der Waals surface area contributed by atoms with Crippen molar-refractivity contribution in [1.82, 2.24) is 10.2 Å². The van der Waals surface area contributed by atoms with Gasteiger partial charge in [-0.1, -0.05) is 12.2 Å². The molecule has 1 aromatic rings. The average molecular weight is 290 g/mol. The van der Waals surface area contributed by atoms with E-state index in [1.165, 1.54) is 23.3 Å². The summed E-state index contributed by atoms with van der Waals surface area (Å²) in [6.07, 6.45) is 9.14. The number of amides is 1. The van der Waals surface area contributed by atoms with Gasteiger partial charge in [-0.25, -0.2) is 0 Å². The zero-order valence-electron chi connectivity index (χ0n) is 11.8. The van der Waals surface area contributed by atoms with Gasteiger partial charge in [0.05, 0.1) is 6.54 Å². The number of carbonyl (C=O) groups is 1. The van der Waals surface area contributed by atoms with Crippen LogP contribution < -0.4 is 5.32 Å². The molecular formula is C16H22N2OS. The maximum atomic E-state index is 12.2. The highest BCUT2D eigenvalue weighted by Crippen LogP contribution is 2.23. The van der Waals surface area contributed by atoms with Gasteiger partial charge in [-0.2, -0.15) is 0 Å². The average Bonchev–Trinajstić information content (AvgIpc) is 2.95. The van der Waals surface area contributed by atoms with Gasteiger partial charge in [0.2, 0.25) is 5.91 Å². The monoisotopic (exact) mass is 290 g/mol. The number of nitrogens with one attached hydrogen (secondary N) is 1. The van der Waals surface area contributed by atoms with Crippen molar-refractivity contribution in [3.8, 4) is 0 Å². The molecule has 0 spiro atoms. The number of nitrogens with zero attached hydrogens (tertiary/aromatic N) is 1. The molecule has 0 saturated carbocycles. The highest BCUT2D eigenvalue weighted by atomic mass is 32.1. The summed E-state index contributed by atoms with van der Waals surface area (Å²) in [5.74, 6) is 0.950. The summed E-state index contributed by atoms with van der Waals surface area (Å²) in [5, 5.41) is 5.48. The van der Waals surface area contributed by atoms with Crippen molar-refractivity contribution in [2.75, 3.05) is 19.6 Å². The van der Waals surface area contributed by atoms with Crippen LogP contribution in [0.4, 0.5) is 0 Å². The smallest absolute Gasteiger partial charge is 0.236 e. The second kappa shape index (κ2) is 6.55. The number of carbonyl (C=O) groups excluding carboxylic acids is 1. The minimum absolute atomic E-state index is 0.244. The molecule has 0 fully saturated rings. The Morgan fingerprint density at radius 2 is 2.40 bits per heavy atom. The number of thiophene rings is 1. The molecule has 4 heteroatoms. The summed E-state index contributed by atoms with van der Waals surface area (Å²) < 4.78 is 0. The van der Waals surface area contributed by atoms with Crippen LogP contribution in [0.3, 0.4) is 0 Å². The molecule has 2 heterocycles. The number of fused-ring (bicyclic) bond motifs is 1. The molecular weight excluding hydrogens is 268 g/mol. The van der Waals surface area contributed by atoms with Crippen LogP contribution in [0.15, 0.2) is 23.6 Å². The van der Waals surface area contributed by atoms with Gasteiger partial charge in [0.25, 0.3) is 0 Å². The van der Waals surface area contributed by atoms with Crippen molar-refractivity contribution >= 4 is 17.2 Å². The lowest BCUT2D eigenvalue weighted by atomic mass is 9.94. The molecule has 0 aromatic carbocycles. The Morgan fingerprint density at radius 3 is 3.25 bits per heavy atom. The van der Waals surface area contributed by atoms with E-state index in [-0.39, 0.29) is 5.91 Å². The van der Waals surface area contributed by atoms with Gasteiger partial charge in [-0.3, -0.25) is 4.79 Å². The Kier molecular flexibility index (Phi) is 4.53. The van der Waals surface area contributed by atoms with Gasteiger partial charge in [0, 0.05) is 18.0 Å². The van der Waals surface area contributed by atoms with Crippen LogP contribution in [0.25, 0.3) is 0 Å².